The summed E-state index contributed by atoms with van der Waals surface area (Å²) in [6.07, 6.45) is 0. The van der Waals surface area contributed by atoms with Gasteiger partial charge in [0, 0.05) is 28.8 Å². The summed E-state index contributed by atoms with van der Waals surface area (Å²) < 4.78 is 0. The lowest BCUT2D eigenvalue weighted by Gasteiger charge is -2.13. The lowest BCUT2D eigenvalue weighted by atomic mass is 9.99. The molecule has 4 nitrogen and oxygen atoms in total. The molecule has 1 N–H and O–H groups in total. The number of rotatable bonds is 4. The fraction of sp³-hybridized carbons (Fsp3) is 0.200. The van der Waals surface area contributed by atoms with Gasteiger partial charge in [0.05, 0.1) is 4.92 Å². The number of nitro benzene ring substituents is 1. The van der Waals surface area contributed by atoms with Gasteiger partial charge in [0.15, 0.2) is 0 Å². The Hall–Kier alpha value is -1.91. The second-order valence-corrected chi connectivity index (χ2v) is 4.96. The van der Waals surface area contributed by atoms with E-state index in [1.54, 1.807) is 6.07 Å². The minimum atomic E-state index is -0.405. The van der Waals surface area contributed by atoms with Gasteiger partial charge in [-0.15, -0.1) is 0 Å². The summed E-state index contributed by atoms with van der Waals surface area (Å²) in [5.41, 5.74) is 2.69. The SMILES string of the molecule is CNC(C)c1ccc(Cl)c(-c2cccc([N+](=O)[O-])c2)c1. The quantitative estimate of drug-likeness (QED) is 0.678. The molecule has 0 saturated heterocycles. The third-order valence-corrected chi connectivity index (χ3v) is 3.62. The van der Waals surface area contributed by atoms with E-state index in [4.69, 9.17) is 11.6 Å². The summed E-state index contributed by atoms with van der Waals surface area (Å²) in [5, 5.41) is 14.6. The Balaban J connectivity index is 2.51. The van der Waals surface area contributed by atoms with E-state index >= 15 is 0 Å². The second-order valence-electron chi connectivity index (χ2n) is 4.56. The van der Waals surface area contributed by atoms with Gasteiger partial charge in [-0.3, -0.25) is 10.1 Å². The lowest BCUT2D eigenvalue weighted by molar-refractivity contribution is -0.384. The van der Waals surface area contributed by atoms with Crippen molar-refractivity contribution in [3.63, 3.8) is 0 Å². The van der Waals surface area contributed by atoms with E-state index < -0.39 is 4.92 Å². The van der Waals surface area contributed by atoms with E-state index in [0.29, 0.717) is 5.02 Å². The molecular formula is C15H15ClN2O2. The van der Waals surface area contributed by atoms with Crippen LogP contribution >= 0.6 is 11.6 Å². The highest BCUT2D eigenvalue weighted by Crippen LogP contribution is 2.32. The number of non-ortho nitro benzene ring substituents is 1. The summed E-state index contributed by atoms with van der Waals surface area (Å²) >= 11 is 6.22. The molecule has 0 bridgehead atoms. The number of hydrogen-bond donors (Lipinski definition) is 1. The van der Waals surface area contributed by atoms with E-state index in [2.05, 4.69) is 5.32 Å². The smallest absolute Gasteiger partial charge is 0.270 e. The van der Waals surface area contributed by atoms with Gasteiger partial charge < -0.3 is 5.32 Å². The predicted molar refractivity (Wildman–Crippen MR) is 81.0 cm³/mol. The van der Waals surface area contributed by atoms with Gasteiger partial charge in [-0.05, 0) is 37.2 Å². The fourth-order valence-electron chi connectivity index (χ4n) is 1.99. The zero-order valence-electron chi connectivity index (χ0n) is 11.3. The Morgan fingerprint density at radius 1 is 1.25 bits per heavy atom. The molecule has 20 heavy (non-hydrogen) atoms. The molecule has 0 amide bonds. The largest absolute Gasteiger partial charge is 0.313 e. The molecule has 104 valence electrons. The molecule has 5 heteroatoms. The van der Waals surface area contributed by atoms with Crippen LogP contribution in [0.5, 0.6) is 0 Å². The zero-order chi connectivity index (χ0) is 14.7. The lowest BCUT2D eigenvalue weighted by Crippen LogP contribution is -2.12. The van der Waals surface area contributed by atoms with Crippen LogP contribution in [0, 0.1) is 10.1 Å². The van der Waals surface area contributed by atoms with Crippen molar-refractivity contribution in [3.8, 4) is 11.1 Å². The topological polar surface area (TPSA) is 55.2 Å². The molecule has 0 aliphatic heterocycles. The van der Waals surface area contributed by atoms with Crippen molar-refractivity contribution in [2.45, 2.75) is 13.0 Å². The highest BCUT2D eigenvalue weighted by atomic mass is 35.5. The van der Waals surface area contributed by atoms with E-state index in [1.807, 2.05) is 38.2 Å². The first-order valence-electron chi connectivity index (χ1n) is 6.24. The van der Waals surface area contributed by atoms with E-state index in [-0.39, 0.29) is 11.7 Å². The Morgan fingerprint density at radius 3 is 2.65 bits per heavy atom. The van der Waals surface area contributed by atoms with Crippen molar-refractivity contribution in [1.29, 1.82) is 0 Å². The Kier molecular flexibility index (Phi) is 4.37. The normalized spacial score (nSPS) is 12.2. The molecule has 2 aromatic carbocycles. The molecule has 0 fully saturated rings. The van der Waals surface area contributed by atoms with Crippen molar-refractivity contribution >= 4 is 17.3 Å². The molecule has 1 atom stereocenters. The van der Waals surface area contributed by atoms with Crippen LogP contribution in [0.4, 0.5) is 5.69 Å². The van der Waals surface area contributed by atoms with Gasteiger partial charge in [-0.1, -0.05) is 29.8 Å². The van der Waals surface area contributed by atoms with Crippen molar-refractivity contribution in [3.05, 3.63) is 63.2 Å². The summed E-state index contributed by atoms with van der Waals surface area (Å²) in [7, 11) is 1.88. The van der Waals surface area contributed by atoms with Crippen molar-refractivity contribution in [2.75, 3.05) is 7.05 Å². The first kappa shape index (κ1) is 14.5. The molecular weight excluding hydrogens is 276 g/mol. The minimum absolute atomic E-state index is 0.0608. The van der Waals surface area contributed by atoms with E-state index in [9.17, 15) is 10.1 Å². The summed E-state index contributed by atoms with van der Waals surface area (Å²) in [6, 6.07) is 12.4. The molecule has 0 aromatic heterocycles. The number of nitro groups is 1. The number of nitrogens with one attached hydrogen (secondary N) is 1. The van der Waals surface area contributed by atoms with Crippen LogP contribution in [-0.2, 0) is 0 Å². The van der Waals surface area contributed by atoms with Crippen molar-refractivity contribution in [2.24, 2.45) is 0 Å². The van der Waals surface area contributed by atoms with Crippen LogP contribution in [0.25, 0.3) is 11.1 Å². The maximum Gasteiger partial charge on any atom is 0.270 e. The standard InChI is InChI=1S/C15H15ClN2O2/c1-10(17-2)11-6-7-15(16)14(9-11)12-4-3-5-13(8-12)18(19)20/h3-10,17H,1-2H3. The Bertz CT molecular complexity index is 644. The number of nitrogens with zero attached hydrogens (tertiary/aromatic N) is 1. The molecule has 0 heterocycles. The molecule has 0 radical (unpaired) electrons. The number of halogens is 1. The monoisotopic (exact) mass is 290 g/mol. The third kappa shape index (κ3) is 2.98. The maximum absolute atomic E-state index is 10.9. The Morgan fingerprint density at radius 2 is 2.00 bits per heavy atom. The van der Waals surface area contributed by atoms with Crippen LogP contribution < -0.4 is 5.32 Å². The van der Waals surface area contributed by atoms with Crippen LogP contribution in [-0.4, -0.2) is 12.0 Å². The van der Waals surface area contributed by atoms with Gasteiger partial charge in [0.25, 0.3) is 5.69 Å². The molecule has 2 aromatic rings. The van der Waals surface area contributed by atoms with Gasteiger partial charge in [0.2, 0.25) is 0 Å². The predicted octanol–water partition coefficient (Wildman–Crippen LogP) is 4.20. The Labute approximate surface area is 122 Å². The first-order chi connectivity index (χ1) is 9.52. The van der Waals surface area contributed by atoms with E-state index in [0.717, 1.165) is 16.7 Å². The summed E-state index contributed by atoms with van der Waals surface area (Å²) in [6.45, 7) is 2.04. The second kappa shape index (κ2) is 6.03. The zero-order valence-corrected chi connectivity index (χ0v) is 12.0. The molecule has 0 aliphatic carbocycles. The van der Waals surface area contributed by atoms with Crippen LogP contribution in [0.2, 0.25) is 5.02 Å². The average Bonchev–Trinajstić information content (AvgIpc) is 2.47. The van der Waals surface area contributed by atoms with E-state index in [1.165, 1.54) is 12.1 Å². The van der Waals surface area contributed by atoms with Gasteiger partial charge in [-0.25, -0.2) is 0 Å². The molecule has 2 rings (SSSR count). The number of hydrogen-bond acceptors (Lipinski definition) is 3. The molecule has 0 aliphatic rings. The fourth-order valence-corrected chi connectivity index (χ4v) is 2.21. The summed E-state index contributed by atoms with van der Waals surface area (Å²) in [4.78, 5) is 10.4. The highest BCUT2D eigenvalue weighted by Gasteiger charge is 2.11. The first-order valence-corrected chi connectivity index (χ1v) is 6.62. The van der Waals surface area contributed by atoms with Crippen molar-refractivity contribution < 1.29 is 4.92 Å². The van der Waals surface area contributed by atoms with Crippen molar-refractivity contribution in [1.82, 2.24) is 5.32 Å². The van der Waals surface area contributed by atoms with Crippen LogP contribution in [0.1, 0.15) is 18.5 Å². The van der Waals surface area contributed by atoms with Gasteiger partial charge in [0.1, 0.15) is 0 Å². The third-order valence-electron chi connectivity index (χ3n) is 3.29. The average molecular weight is 291 g/mol. The number of benzene rings is 2. The minimum Gasteiger partial charge on any atom is -0.313 e. The highest BCUT2D eigenvalue weighted by molar-refractivity contribution is 6.33. The molecule has 1 unspecified atom stereocenters. The summed E-state index contributed by atoms with van der Waals surface area (Å²) in [5.74, 6) is 0. The van der Waals surface area contributed by atoms with Crippen LogP contribution in [0.3, 0.4) is 0 Å². The maximum atomic E-state index is 10.9. The van der Waals surface area contributed by atoms with Crippen LogP contribution in [0.15, 0.2) is 42.5 Å². The van der Waals surface area contributed by atoms with Gasteiger partial charge >= 0.3 is 0 Å². The molecule has 0 spiro atoms. The van der Waals surface area contributed by atoms with Gasteiger partial charge in [-0.2, -0.15) is 0 Å². The molecule has 0 saturated carbocycles.